The first kappa shape index (κ1) is 20.9. The lowest BCUT2D eigenvalue weighted by molar-refractivity contribution is -0.114. The third-order valence-corrected chi connectivity index (χ3v) is 6.42. The normalized spacial score (nSPS) is 21.9. The number of aromatic nitrogens is 1. The lowest BCUT2D eigenvalue weighted by atomic mass is 9.79. The predicted molar refractivity (Wildman–Crippen MR) is 114 cm³/mol. The number of aryl methyl sites for hydroxylation is 1. The number of Topliss-reactive ketones (excluding diaryl/α,β-unsaturated/α-hetero) is 1. The minimum atomic E-state index is -0.666. The second kappa shape index (κ2) is 8.76. The van der Waals surface area contributed by atoms with Gasteiger partial charge in [-0.3, -0.25) is 4.79 Å². The van der Waals surface area contributed by atoms with Crippen LogP contribution >= 0.6 is 11.6 Å². The van der Waals surface area contributed by atoms with E-state index in [0.29, 0.717) is 48.0 Å². The molecule has 1 N–H and O–H groups in total. The SMILES string of the molecule is CCc1ccc(Oc2ncc(Cl)cc2F)cc1C1=C(O)CC2CCC(CC2)CC1=O. The van der Waals surface area contributed by atoms with Crippen LogP contribution in [-0.2, 0) is 11.2 Å². The second-order valence-electron chi connectivity index (χ2n) is 8.25. The van der Waals surface area contributed by atoms with Crippen molar-refractivity contribution in [1.29, 1.82) is 0 Å². The summed E-state index contributed by atoms with van der Waals surface area (Å²) in [6.07, 6.45) is 7.18. The van der Waals surface area contributed by atoms with E-state index in [0.717, 1.165) is 37.3 Å². The van der Waals surface area contributed by atoms with Gasteiger partial charge in [-0.15, -0.1) is 0 Å². The number of carbonyl (C=O) groups excluding carboxylic acids is 1. The van der Waals surface area contributed by atoms with Crippen LogP contribution in [0.5, 0.6) is 11.6 Å². The number of allylic oxidation sites excluding steroid dienone is 2. The van der Waals surface area contributed by atoms with Gasteiger partial charge in [0.2, 0.25) is 0 Å². The first-order valence-corrected chi connectivity index (χ1v) is 10.9. The molecular weight excluding hydrogens is 405 g/mol. The summed E-state index contributed by atoms with van der Waals surface area (Å²) in [6, 6.07) is 6.42. The van der Waals surface area contributed by atoms with Gasteiger partial charge in [0.15, 0.2) is 11.6 Å². The Balaban J connectivity index is 1.74. The van der Waals surface area contributed by atoms with Gasteiger partial charge < -0.3 is 9.84 Å². The number of benzene rings is 1. The first-order chi connectivity index (χ1) is 14.4. The molecule has 6 heteroatoms. The van der Waals surface area contributed by atoms with Gasteiger partial charge in [-0.2, -0.15) is 0 Å². The van der Waals surface area contributed by atoms with Gasteiger partial charge in [0.1, 0.15) is 11.5 Å². The summed E-state index contributed by atoms with van der Waals surface area (Å²) in [7, 11) is 0. The number of aliphatic hydroxyl groups excluding tert-OH is 1. The van der Waals surface area contributed by atoms with E-state index in [-0.39, 0.29) is 22.4 Å². The highest BCUT2D eigenvalue weighted by Gasteiger charge is 2.31. The molecule has 1 aromatic heterocycles. The van der Waals surface area contributed by atoms with Crippen molar-refractivity contribution in [2.45, 2.75) is 51.9 Å². The second-order valence-corrected chi connectivity index (χ2v) is 8.69. The van der Waals surface area contributed by atoms with Crippen LogP contribution in [0.2, 0.25) is 5.02 Å². The molecule has 0 atom stereocenters. The van der Waals surface area contributed by atoms with Gasteiger partial charge in [-0.25, -0.2) is 9.37 Å². The molecule has 5 rings (SSSR count). The topological polar surface area (TPSA) is 59.4 Å². The third-order valence-electron chi connectivity index (χ3n) is 6.21. The molecule has 3 aliphatic carbocycles. The van der Waals surface area contributed by atoms with E-state index in [9.17, 15) is 14.3 Å². The van der Waals surface area contributed by atoms with Gasteiger partial charge >= 0.3 is 0 Å². The molecule has 2 aromatic rings. The molecule has 0 aliphatic heterocycles. The zero-order valence-corrected chi connectivity index (χ0v) is 17.7. The molecule has 1 fully saturated rings. The maximum Gasteiger partial charge on any atom is 0.255 e. The molecule has 0 saturated heterocycles. The maximum absolute atomic E-state index is 14.1. The highest BCUT2D eigenvalue weighted by Crippen LogP contribution is 2.40. The molecule has 30 heavy (non-hydrogen) atoms. The first-order valence-electron chi connectivity index (χ1n) is 10.5. The number of ketones is 1. The van der Waals surface area contributed by atoms with E-state index in [1.54, 1.807) is 12.1 Å². The van der Waals surface area contributed by atoms with Crippen LogP contribution in [0, 0.1) is 17.7 Å². The number of hydrogen-bond acceptors (Lipinski definition) is 4. The van der Waals surface area contributed by atoms with Crippen molar-refractivity contribution in [2.24, 2.45) is 11.8 Å². The average molecular weight is 430 g/mol. The van der Waals surface area contributed by atoms with Crippen LogP contribution in [0.25, 0.3) is 5.57 Å². The van der Waals surface area contributed by atoms with Crippen molar-refractivity contribution in [3.8, 4) is 11.6 Å². The molecule has 0 radical (unpaired) electrons. The molecule has 1 aromatic carbocycles. The summed E-state index contributed by atoms with van der Waals surface area (Å²) < 4.78 is 19.8. The van der Waals surface area contributed by atoms with E-state index in [4.69, 9.17) is 16.3 Å². The zero-order chi connectivity index (χ0) is 21.3. The Kier molecular flexibility index (Phi) is 6.09. The molecule has 158 valence electrons. The highest BCUT2D eigenvalue weighted by molar-refractivity contribution is 6.30. The number of pyridine rings is 1. The van der Waals surface area contributed by atoms with Crippen molar-refractivity contribution < 1.29 is 19.0 Å². The standard InChI is InChI=1S/C24H25ClFNO3/c1-2-16-7-8-18(30-24-20(26)11-17(25)13-27-24)12-19(16)23-21(28)9-14-3-4-15(6-5-14)10-22(23)29/h7-8,11-15,28H,2-6,9-10H2,1H3. The summed E-state index contributed by atoms with van der Waals surface area (Å²) in [6.45, 7) is 2.00. The van der Waals surface area contributed by atoms with E-state index in [1.807, 2.05) is 13.0 Å². The van der Waals surface area contributed by atoms with Crippen molar-refractivity contribution >= 4 is 23.0 Å². The van der Waals surface area contributed by atoms with Crippen molar-refractivity contribution in [1.82, 2.24) is 4.98 Å². The van der Waals surface area contributed by atoms with Crippen molar-refractivity contribution in [3.05, 3.63) is 58.2 Å². The Morgan fingerprint density at radius 3 is 2.53 bits per heavy atom. The highest BCUT2D eigenvalue weighted by atomic mass is 35.5. The Labute approximate surface area is 180 Å². The predicted octanol–water partition coefficient (Wildman–Crippen LogP) is 6.67. The van der Waals surface area contributed by atoms with Crippen LogP contribution in [0.3, 0.4) is 0 Å². The van der Waals surface area contributed by atoms with Crippen molar-refractivity contribution in [3.63, 3.8) is 0 Å². The Morgan fingerprint density at radius 2 is 1.87 bits per heavy atom. The van der Waals surface area contributed by atoms with Crippen LogP contribution in [0.15, 0.2) is 36.2 Å². The third kappa shape index (κ3) is 4.36. The lowest BCUT2D eigenvalue weighted by Gasteiger charge is -2.26. The number of halogens is 2. The molecular formula is C24H25ClFNO3. The summed E-state index contributed by atoms with van der Waals surface area (Å²) in [5.41, 5.74) is 1.99. The number of hydrogen-bond donors (Lipinski definition) is 1. The molecule has 0 spiro atoms. The summed E-state index contributed by atoms with van der Waals surface area (Å²) >= 11 is 5.76. The van der Waals surface area contributed by atoms with E-state index in [1.165, 1.54) is 6.20 Å². The summed E-state index contributed by atoms with van der Waals surface area (Å²) in [5, 5.41) is 11.1. The van der Waals surface area contributed by atoms with Gasteiger partial charge in [0, 0.05) is 19.0 Å². The van der Waals surface area contributed by atoms with Crippen LogP contribution < -0.4 is 4.74 Å². The maximum atomic E-state index is 14.1. The largest absolute Gasteiger partial charge is 0.512 e. The molecule has 2 bridgehead atoms. The zero-order valence-electron chi connectivity index (χ0n) is 17.0. The Hall–Kier alpha value is -2.40. The van der Waals surface area contributed by atoms with Gasteiger partial charge in [0.25, 0.3) is 5.88 Å². The van der Waals surface area contributed by atoms with Crippen LogP contribution in [-0.4, -0.2) is 15.9 Å². The summed E-state index contributed by atoms with van der Waals surface area (Å²) in [5.74, 6) is 0.433. The molecule has 1 heterocycles. The van der Waals surface area contributed by atoms with Gasteiger partial charge in [0.05, 0.1) is 10.6 Å². The van der Waals surface area contributed by atoms with E-state index in [2.05, 4.69) is 4.98 Å². The average Bonchev–Trinajstić information content (AvgIpc) is 2.81. The Morgan fingerprint density at radius 1 is 1.17 bits per heavy atom. The summed E-state index contributed by atoms with van der Waals surface area (Å²) in [4.78, 5) is 17.1. The van der Waals surface area contributed by atoms with E-state index >= 15 is 0 Å². The number of carbonyl (C=O) groups is 1. The number of ether oxygens (including phenoxy) is 1. The number of nitrogens with zero attached hydrogens (tertiary/aromatic N) is 1. The monoisotopic (exact) mass is 429 g/mol. The van der Waals surface area contributed by atoms with Gasteiger partial charge in [-0.05, 0) is 73.3 Å². The Bertz CT molecular complexity index is 996. The number of aliphatic hydroxyl groups is 1. The van der Waals surface area contributed by atoms with Crippen LogP contribution in [0.4, 0.5) is 4.39 Å². The molecule has 0 amide bonds. The quantitative estimate of drug-likeness (QED) is 0.589. The molecule has 0 unspecified atom stereocenters. The van der Waals surface area contributed by atoms with Crippen LogP contribution in [0.1, 0.15) is 56.6 Å². The lowest BCUT2D eigenvalue weighted by Crippen LogP contribution is -2.15. The van der Waals surface area contributed by atoms with Gasteiger partial charge in [-0.1, -0.05) is 24.6 Å². The number of fused-ring (bicyclic) bond motifs is 5. The minimum Gasteiger partial charge on any atom is -0.512 e. The molecule has 3 aliphatic rings. The smallest absolute Gasteiger partial charge is 0.255 e. The fourth-order valence-electron chi connectivity index (χ4n) is 4.59. The molecule has 1 saturated carbocycles. The number of rotatable bonds is 4. The van der Waals surface area contributed by atoms with E-state index < -0.39 is 5.82 Å². The minimum absolute atomic E-state index is 0.0253. The fourth-order valence-corrected chi connectivity index (χ4v) is 4.74. The molecule has 4 nitrogen and oxygen atoms in total. The van der Waals surface area contributed by atoms with Crippen molar-refractivity contribution in [2.75, 3.05) is 0 Å². The fraction of sp³-hybridized carbons (Fsp3) is 0.417.